The van der Waals surface area contributed by atoms with Crippen LogP contribution in [0.2, 0.25) is 0 Å². The van der Waals surface area contributed by atoms with E-state index in [1.807, 2.05) is 6.08 Å². The van der Waals surface area contributed by atoms with Crippen LogP contribution in [0.1, 0.15) is 335 Å². The van der Waals surface area contributed by atoms with Crippen LogP contribution in [0.3, 0.4) is 0 Å². The zero-order valence-corrected chi connectivity index (χ0v) is 45.9. The van der Waals surface area contributed by atoms with E-state index in [0.717, 1.165) is 44.9 Å². The number of hydrogen-bond donors (Lipinski definition) is 3. The van der Waals surface area contributed by atoms with Gasteiger partial charge in [-0.3, -0.25) is 9.59 Å². The Bertz CT molecular complexity index is 1060. The van der Waals surface area contributed by atoms with Gasteiger partial charge in [-0.05, 0) is 57.8 Å². The van der Waals surface area contributed by atoms with Gasteiger partial charge >= 0.3 is 5.97 Å². The minimum absolute atomic E-state index is 0.00233. The van der Waals surface area contributed by atoms with Crippen LogP contribution in [-0.4, -0.2) is 47.4 Å². The molecule has 0 radical (unpaired) electrons. The molecule has 1 amide bonds. The number of carbonyl (C=O) groups is 2. The molecule has 0 rings (SSSR count). The molecule has 0 bridgehead atoms. The van der Waals surface area contributed by atoms with E-state index in [0.29, 0.717) is 19.4 Å². The number of amides is 1. The molecular weight excluding hydrogens is 839 g/mol. The van der Waals surface area contributed by atoms with Gasteiger partial charge in [0.2, 0.25) is 5.91 Å². The highest BCUT2D eigenvalue weighted by atomic mass is 16.5. The molecule has 402 valence electrons. The van der Waals surface area contributed by atoms with Crippen molar-refractivity contribution in [2.75, 3.05) is 13.2 Å². The minimum Gasteiger partial charge on any atom is -0.466 e. The largest absolute Gasteiger partial charge is 0.466 e. The van der Waals surface area contributed by atoms with Gasteiger partial charge in [0, 0.05) is 12.8 Å². The van der Waals surface area contributed by atoms with Crippen molar-refractivity contribution in [2.24, 2.45) is 0 Å². The van der Waals surface area contributed by atoms with Gasteiger partial charge in [0.25, 0.3) is 0 Å². The highest BCUT2D eigenvalue weighted by Gasteiger charge is 2.18. The van der Waals surface area contributed by atoms with Crippen LogP contribution in [0.15, 0.2) is 24.3 Å². The molecule has 0 heterocycles. The average Bonchev–Trinajstić information content (AvgIpc) is 3.34. The fraction of sp³-hybridized carbons (Fsp3) is 0.903. The lowest BCUT2D eigenvalue weighted by molar-refractivity contribution is -0.143. The predicted molar refractivity (Wildman–Crippen MR) is 296 cm³/mol. The highest BCUT2D eigenvalue weighted by Crippen LogP contribution is 2.17. The fourth-order valence-electron chi connectivity index (χ4n) is 9.51. The van der Waals surface area contributed by atoms with Gasteiger partial charge < -0.3 is 20.3 Å². The van der Waals surface area contributed by atoms with E-state index < -0.39 is 12.1 Å². The quantitative estimate of drug-likeness (QED) is 0.0321. The molecule has 0 aromatic rings. The summed E-state index contributed by atoms with van der Waals surface area (Å²) >= 11 is 0. The van der Waals surface area contributed by atoms with Crippen LogP contribution >= 0.6 is 0 Å². The van der Waals surface area contributed by atoms with Crippen molar-refractivity contribution in [3.8, 4) is 0 Å². The first-order valence-electron chi connectivity index (χ1n) is 30.6. The van der Waals surface area contributed by atoms with Gasteiger partial charge in [-0.2, -0.15) is 0 Å². The maximum absolute atomic E-state index is 12.5. The van der Waals surface area contributed by atoms with Crippen molar-refractivity contribution in [3.05, 3.63) is 24.3 Å². The summed E-state index contributed by atoms with van der Waals surface area (Å²) in [5.74, 6) is -0.0657. The van der Waals surface area contributed by atoms with E-state index in [9.17, 15) is 19.8 Å². The lowest BCUT2D eigenvalue weighted by Crippen LogP contribution is -2.45. The van der Waals surface area contributed by atoms with Crippen molar-refractivity contribution >= 4 is 11.9 Å². The third kappa shape index (κ3) is 53.7. The third-order valence-electron chi connectivity index (χ3n) is 14.2. The summed E-state index contributed by atoms with van der Waals surface area (Å²) in [5.41, 5.74) is 0. The highest BCUT2D eigenvalue weighted by molar-refractivity contribution is 5.76. The number of nitrogens with one attached hydrogen (secondary N) is 1. The molecule has 3 N–H and O–H groups in total. The predicted octanol–water partition coefficient (Wildman–Crippen LogP) is 19.0. The SMILES string of the molecule is CCCCCCCC/C=C\CCCCCCCC(=O)OCCCCCCCCCCCCCCCCCCCCCCC(=O)NC(CO)C(O)/C=C/CCCCCCCCCCCCCCCC. The normalized spacial score (nSPS) is 12.7. The number of allylic oxidation sites excluding steroid dienone is 3. The van der Waals surface area contributed by atoms with Gasteiger partial charge in [0.15, 0.2) is 0 Å². The molecule has 0 fully saturated rings. The minimum atomic E-state index is -0.845. The first kappa shape index (κ1) is 66.3. The molecule has 68 heavy (non-hydrogen) atoms. The lowest BCUT2D eigenvalue weighted by Gasteiger charge is -2.20. The Kier molecular flexibility index (Phi) is 56.5. The fourth-order valence-corrected chi connectivity index (χ4v) is 9.51. The second-order valence-corrected chi connectivity index (χ2v) is 21.0. The van der Waals surface area contributed by atoms with Crippen LogP contribution < -0.4 is 5.32 Å². The average molecular weight is 959 g/mol. The monoisotopic (exact) mass is 958 g/mol. The summed E-state index contributed by atoms with van der Waals surface area (Å²) in [6, 6.07) is -0.629. The van der Waals surface area contributed by atoms with Crippen LogP contribution in [0, 0.1) is 0 Å². The summed E-state index contributed by atoms with van der Waals surface area (Å²) in [6.07, 6.45) is 70.6. The van der Waals surface area contributed by atoms with Crippen molar-refractivity contribution in [3.63, 3.8) is 0 Å². The van der Waals surface area contributed by atoms with Crippen molar-refractivity contribution in [1.29, 1.82) is 0 Å². The van der Waals surface area contributed by atoms with E-state index in [-0.39, 0.29) is 18.5 Å². The van der Waals surface area contributed by atoms with E-state index >= 15 is 0 Å². The summed E-state index contributed by atoms with van der Waals surface area (Å²) in [7, 11) is 0. The second-order valence-electron chi connectivity index (χ2n) is 21.0. The second kappa shape index (κ2) is 57.9. The number of unbranched alkanes of at least 4 members (excludes halogenated alkanes) is 44. The molecule has 2 unspecified atom stereocenters. The Morgan fingerprint density at radius 3 is 1.04 bits per heavy atom. The number of hydrogen-bond acceptors (Lipinski definition) is 5. The van der Waals surface area contributed by atoms with Gasteiger partial charge in [-0.1, -0.05) is 289 Å². The molecule has 0 saturated heterocycles. The Labute approximate surface area is 424 Å². The summed E-state index contributed by atoms with van der Waals surface area (Å²) in [5, 5.41) is 23.1. The van der Waals surface area contributed by atoms with E-state index in [4.69, 9.17) is 4.74 Å². The number of rotatable bonds is 57. The Morgan fingerprint density at radius 2 is 0.691 bits per heavy atom. The Balaban J connectivity index is 3.41. The molecule has 2 atom stereocenters. The van der Waals surface area contributed by atoms with Gasteiger partial charge in [-0.25, -0.2) is 0 Å². The van der Waals surface area contributed by atoms with E-state index in [2.05, 4.69) is 31.3 Å². The van der Waals surface area contributed by atoms with Crippen molar-refractivity contribution in [2.45, 2.75) is 347 Å². The number of carbonyl (C=O) groups excluding carboxylic acids is 2. The molecular formula is C62H119NO5. The smallest absolute Gasteiger partial charge is 0.305 e. The van der Waals surface area contributed by atoms with Crippen LogP contribution in [0.5, 0.6) is 0 Å². The molecule has 6 nitrogen and oxygen atoms in total. The molecule has 0 aliphatic rings. The maximum Gasteiger partial charge on any atom is 0.305 e. The Hall–Kier alpha value is -1.66. The summed E-state index contributed by atoms with van der Waals surface area (Å²) in [4.78, 5) is 24.5. The first-order chi connectivity index (χ1) is 33.5. The third-order valence-corrected chi connectivity index (χ3v) is 14.2. The maximum atomic E-state index is 12.5. The van der Waals surface area contributed by atoms with Crippen LogP contribution in [0.25, 0.3) is 0 Å². The summed E-state index contributed by atoms with van der Waals surface area (Å²) in [6.45, 7) is 4.91. The summed E-state index contributed by atoms with van der Waals surface area (Å²) < 4.78 is 5.48. The molecule has 0 aliphatic carbocycles. The standard InChI is InChI=1S/C62H119NO5/c1-3-5-7-9-11-13-15-17-19-27-30-34-38-42-46-50-54-60(65)59(58-64)63-61(66)55-51-47-43-39-35-31-28-24-22-20-21-23-25-29-33-37-41-45-49-53-57-68-62(67)56-52-48-44-40-36-32-26-18-16-14-12-10-8-6-4-2/h18,26,50,54,59-60,64-65H,3-17,19-25,27-49,51-53,55-58H2,1-2H3,(H,63,66)/b26-18-,54-50+. The van der Waals surface area contributed by atoms with Crippen molar-refractivity contribution in [1.82, 2.24) is 5.32 Å². The van der Waals surface area contributed by atoms with Crippen LogP contribution in [-0.2, 0) is 14.3 Å². The first-order valence-corrected chi connectivity index (χ1v) is 30.6. The zero-order chi connectivity index (χ0) is 49.3. The van der Waals surface area contributed by atoms with Gasteiger partial charge in [-0.15, -0.1) is 0 Å². The molecule has 0 aromatic carbocycles. The van der Waals surface area contributed by atoms with Gasteiger partial charge in [0.1, 0.15) is 0 Å². The number of aliphatic hydroxyl groups is 2. The topological polar surface area (TPSA) is 95.9 Å². The molecule has 6 heteroatoms. The zero-order valence-electron chi connectivity index (χ0n) is 45.9. The molecule has 0 spiro atoms. The molecule has 0 saturated carbocycles. The van der Waals surface area contributed by atoms with E-state index in [1.54, 1.807) is 6.08 Å². The van der Waals surface area contributed by atoms with Gasteiger partial charge in [0.05, 0.1) is 25.4 Å². The number of ether oxygens (including phenoxy) is 1. The number of aliphatic hydroxyl groups excluding tert-OH is 2. The van der Waals surface area contributed by atoms with Crippen LogP contribution in [0.4, 0.5) is 0 Å². The molecule has 0 aliphatic heterocycles. The van der Waals surface area contributed by atoms with E-state index in [1.165, 1.54) is 263 Å². The Morgan fingerprint density at radius 1 is 0.397 bits per heavy atom. The molecule has 0 aromatic heterocycles. The number of esters is 1. The van der Waals surface area contributed by atoms with Crippen molar-refractivity contribution < 1.29 is 24.5 Å². The lowest BCUT2D eigenvalue weighted by atomic mass is 10.0.